The molecule has 20 heavy (non-hydrogen) atoms. The second kappa shape index (κ2) is 6.65. The van der Waals surface area contributed by atoms with Gasteiger partial charge in [0.2, 0.25) is 0 Å². The van der Waals surface area contributed by atoms with E-state index in [-0.39, 0.29) is 11.7 Å². The molecular formula is C14H20FN3O2. The third-order valence-electron chi connectivity index (χ3n) is 3.73. The molecule has 0 aromatic heterocycles. The lowest BCUT2D eigenvalue weighted by Gasteiger charge is -2.19. The van der Waals surface area contributed by atoms with Gasteiger partial charge in [-0.05, 0) is 38.4 Å². The van der Waals surface area contributed by atoms with Gasteiger partial charge in [-0.1, -0.05) is 6.92 Å². The van der Waals surface area contributed by atoms with Crippen LogP contribution in [0.2, 0.25) is 0 Å². The largest absolute Gasteiger partial charge is 0.382 e. The van der Waals surface area contributed by atoms with Crippen molar-refractivity contribution in [3.63, 3.8) is 0 Å². The molecule has 1 aliphatic rings. The Hall–Kier alpha value is -1.69. The van der Waals surface area contributed by atoms with Gasteiger partial charge in [0.15, 0.2) is 0 Å². The van der Waals surface area contributed by atoms with Crippen molar-refractivity contribution in [2.75, 3.05) is 25.0 Å². The predicted molar refractivity (Wildman–Crippen MR) is 76.4 cm³/mol. The van der Waals surface area contributed by atoms with E-state index in [1.54, 1.807) is 0 Å². The summed E-state index contributed by atoms with van der Waals surface area (Å²) in [5, 5.41) is 14.0. The van der Waals surface area contributed by atoms with Crippen molar-refractivity contribution >= 4 is 11.4 Å². The number of halogens is 1. The molecule has 1 heterocycles. The highest BCUT2D eigenvalue weighted by molar-refractivity contribution is 5.52. The lowest BCUT2D eigenvalue weighted by atomic mass is 10.1. The molecule has 1 aliphatic heterocycles. The number of hydrogen-bond donors (Lipinski definition) is 1. The third-order valence-corrected chi connectivity index (χ3v) is 3.73. The zero-order valence-corrected chi connectivity index (χ0v) is 11.6. The molecule has 1 saturated heterocycles. The highest BCUT2D eigenvalue weighted by atomic mass is 19.1. The standard InChI is InChI=1S/C14H20FN3O2/c1-2-17-6-3-4-12(5-7-17)16-13-8-11(15)9-14(10-13)18(19)20/h8-10,12,16H,2-7H2,1H3. The van der Waals surface area contributed by atoms with Crippen LogP contribution in [0.15, 0.2) is 18.2 Å². The van der Waals surface area contributed by atoms with Crippen LogP contribution in [0.25, 0.3) is 0 Å². The number of rotatable bonds is 4. The highest BCUT2D eigenvalue weighted by Gasteiger charge is 2.17. The second-order valence-corrected chi connectivity index (χ2v) is 5.16. The normalized spacial score (nSPS) is 20.4. The molecule has 1 atom stereocenters. The fraction of sp³-hybridized carbons (Fsp3) is 0.571. The summed E-state index contributed by atoms with van der Waals surface area (Å²) in [4.78, 5) is 12.6. The first-order valence-corrected chi connectivity index (χ1v) is 7.02. The maximum atomic E-state index is 13.4. The minimum Gasteiger partial charge on any atom is -0.382 e. The van der Waals surface area contributed by atoms with Gasteiger partial charge in [0.05, 0.1) is 11.0 Å². The Morgan fingerprint density at radius 2 is 2.20 bits per heavy atom. The number of non-ortho nitro benzene ring substituents is 1. The van der Waals surface area contributed by atoms with Crippen LogP contribution in [0.3, 0.4) is 0 Å². The molecule has 6 heteroatoms. The smallest absolute Gasteiger partial charge is 0.274 e. The topological polar surface area (TPSA) is 58.4 Å². The first-order valence-electron chi connectivity index (χ1n) is 7.02. The van der Waals surface area contributed by atoms with Crippen LogP contribution >= 0.6 is 0 Å². The zero-order valence-electron chi connectivity index (χ0n) is 11.6. The lowest BCUT2D eigenvalue weighted by molar-refractivity contribution is -0.385. The molecule has 1 unspecified atom stereocenters. The summed E-state index contributed by atoms with van der Waals surface area (Å²) < 4.78 is 13.4. The van der Waals surface area contributed by atoms with E-state index in [4.69, 9.17) is 0 Å². The van der Waals surface area contributed by atoms with Crippen LogP contribution < -0.4 is 5.32 Å². The Balaban J connectivity index is 2.04. The van der Waals surface area contributed by atoms with Crippen molar-refractivity contribution in [3.05, 3.63) is 34.1 Å². The predicted octanol–water partition coefficient (Wildman–Crippen LogP) is 3.02. The van der Waals surface area contributed by atoms with Crippen LogP contribution in [-0.4, -0.2) is 35.5 Å². The lowest BCUT2D eigenvalue weighted by Crippen LogP contribution is -2.26. The summed E-state index contributed by atoms with van der Waals surface area (Å²) in [5.41, 5.74) is 0.281. The molecule has 2 rings (SSSR count). The van der Waals surface area contributed by atoms with Crippen LogP contribution in [-0.2, 0) is 0 Å². The van der Waals surface area contributed by atoms with Crippen molar-refractivity contribution in [1.29, 1.82) is 0 Å². The summed E-state index contributed by atoms with van der Waals surface area (Å²) in [6.07, 6.45) is 3.06. The average Bonchev–Trinajstić information content (AvgIpc) is 2.63. The van der Waals surface area contributed by atoms with E-state index in [1.165, 1.54) is 12.1 Å². The van der Waals surface area contributed by atoms with Gasteiger partial charge < -0.3 is 10.2 Å². The Morgan fingerprint density at radius 1 is 1.40 bits per heavy atom. The number of nitrogens with one attached hydrogen (secondary N) is 1. The second-order valence-electron chi connectivity index (χ2n) is 5.16. The molecule has 0 spiro atoms. The first kappa shape index (κ1) is 14.7. The van der Waals surface area contributed by atoms with Crippen molar-refractivity contribution in [2.45, 2.75) is 32.2 Å². The van der Waals surface area contributed by atoms with Crippen molar-refractivity contribution in [1.82, 2.24) is 4.90 Å². The molecule has 0 amide bonds. The maximum Gasteiger partial charge on any atom is 0.274 e. The van der Waals surface area contributed by atoms with Crippen LogP contribution in [0.1, 0.15) is 26.2 Å². The van der Waals surface area contributed by atoms with Crippen LogP contribution in [0.5, 0.6) is 0 Å². The minimum absolute atomic E-state index is 0.212. The van der Waals surface area contributed by atoms with E-state index < -0.39 is 10.7 Å². The summed E-state index contributed by atoms with van der Waals surface area (Å²) in [7, 11) is 0. The number of anilines is 1. The maximum absolute atomic E-state index is 13.4. The molecule has 110 valence electrons. The molecule has 1 aromatic carbocycles. The van der Waals surface area contributed by atoms with Gasteiger partial charge in [-0.3, -0.25) is 10.1 Å². The quantitative estimate of drug-likeness (QED) is 0.681. The van der Waals surface area contributed by atoms with E-state index in [9.17, 15) is 14.5 Å². The van der Waals surface area contributed by atoms with Crippen molar-refractivity contribution in [2.24, 2.45) is 0 Å². The Morgan fingerprint density at radius 3 is 2.90 bits per heavy atom. The number of nitro groups is 1. The van der Waals surface area contributed by atoms with Gasteiger partial charge in [-0.25, -0.2) is 4.39 Å². The van der Waals surface area contributed by atoms with E-state index in [0.717, 1.165) is 45.0 Å². The summed E-state index contributed by atoms with van der Waals surface area (Å²) in [5.74, 6) is -0.578. The average molecular weight is 281 g/mol. The van der Waals surface area contributed by atoms with E-state index >= 15 is 0 Å². The first-order chi connectivity index (χ1) is 9.58. The van der Waals surface area contributed by atoms with Crippen molar-refractivity contribution < 1.29 is 9.31 Å². The van der Waals surface area contributed by atoms with E-state index in [0.29, 0.717) is 5.69 Å². The van der Waals surface area contributed by atoms with Gasteiger partial charge in [0.1, 0.15) is 5.82 Å². The molecule has 5 nitrogen and oxygen atoms in total. The van der Waals surface area contributed by atoms with Gasteiger partial charge in [-0.15, -0.1) is 0 Å². The van der Waals surface area contributed by atoms with Gasteiger partial charge in [0, 0.05) is 24.3 Å². The minimum atomic E-state index is -0.578. The monoisotopic (exact) mass is 281 g/mol. The summed E-state index contributed by atoms with van der Waals surface area (Å²) in [6.45, 7) is 5.27. The van der Waals surface area contributed by atoms with Crippen LogP contribution in [0, 0.1) is 15.9 Å². The van der Waals surface area contributed by atoms with Gasteiger partial charge >= 0.3 is 0 Å². The van der Waals surface area contributed by atoms with Crippen molar-refractivity contribution in [3.8, 4) is 0 Å². The van der Waals surface area contributed by atoms with Crippen LogP contribution in [0.4, 0.5) is 15.8 Å². The van der Waals surface area contributed by atoms with Gasteiger partial charge in [-0.2, -0.15) is 0 Å². The molecule has 0 bridgehead atoms. The van der Waals surface area contributed by atoms with Gasteiger partial charge in [0.25, 0.3) is 5.69 Å². The number of nitro benzene ring substituents is 1. The number of benzene rings is 1. The third kappa shape index (κ3) is 3.90. The molecule has 0 radical (unpaired) electrons. The molecule has 0 aliphatic carbocycles. The molecule has 1 aromatic rings. The summed E-state index contributed by atoms with van der Waals surface area (Å²) in [6, 6.07) is 3.89. The van der Waals surface area contributed by atoms with E-state index in [2.05, 4.69) is 17.1 Å². The summed E-state index contributed by atoms with van der Waals surface area (Å²) >= 11 is 0. The highest BCUT2D eigenvalue weighted by Crippen LogP contribution is 2.23. The Kier molecular flexibility index (Phi) is 4.89. The Labute approximate surface area is 117 Å². The number of nitrogens with zero attached hydrogens (tertiary/aromatic N) is 2. The zero-order chi connectivity index (χ0) is 14.5. The molecular weight excluding hydrogens is 261 g/mol. The number of likely N-dealkylation sites (tertiary alicyclic amines) is 1. The van der Waals surface area contributed by atoms with E-state index in [1.807, 2.05) is 0 Å². The fourth-order valence-corrected chi connectivity index (χ4v) is 2.62. The fourth-order valence-electron chi connectivity index (χ4n) is 2.62. The molecule has 1 N–H and O–H groups in total. The molecule has 1 fully saturated rings. The Bertz CT molecular complexity index is 481. The number of hydrogen-bond acceptors (Lipinski definition) is 4. The SMILES string of the molecule is CCN1CCCC(Nc2cc(F)cc([N+](=O)[O-])c2)CC1. The molecule has 0 saturated carbocycles.